The Labute approximate surface area is 434 Å². The summed E-state index contributed by atoms with van der Waals surface area (Å²) in [5, 5.41) is 19.8. The standard InChI is InChI=1S/C16H17F3.C16H17N.C16H20O2S.C15H17NO2/c17-16(18,19)15-10-6-5-9-14(15)12-11-13-7-3-1-2-4-8-13;17-13-16-10-6-5-9-15(16)12-11-14-7-3-1-2-4-8-14;1-19(17,18)16-11-7-6-10-15(16)13-12-14-8-4-2-3-5-9-14;17-16(18)15-10-6-5-9-14(15)12-11-13-7-3-1-2-4-8-13/h5-6,9-10,13H,1-4,7-8H2;5-6,9-10,14H,1-4,7-8H2;6-7,10-11,14H,2-5,8-9H2,1H3;5-6,9-10,13H,1-4,7-8H2. The van der Waals surface area contributed by atoms with Crippen LogP contribution in [-0.4, -0.2) is 19.6 Å². The second kappa shape index (κ2) is 31.4. The molecule has 0 amide bonds. The van der Waals surface area contributed by atoms with E-state index in [0.717, 1.165) is 63.0 Å². The maximum atomic E-state index is 12.8. The average Bonchev–Trinajstić information content (AvgIpc) is 4.03. The van der Waals surface area contributed by atoms with Crippen molar-refractivity contribution in [1.29, 1.82) is 5.26 Å². The van der Waals surface area contributed by atoms with Crippen molar-refractivity contribution in [2.75, 3.05) is 6.26 Å². The summed E-state index contributed by atoms with van der Waals surface area (Å²) in [5.74, 6) is 26.5. The van der Waals surface area contributed by atoms with Gasteiger partial charge in [0.05, 0.1) is 20.9 Å². The van der Waals surface area contributed by atoms with Gasteiger partial charge in [-0.15, -0.1) is 0 Å². The summed E-state index contributed by atoms with van der Waals surface area (Å²) in [7, 11) is -3.20. The van der Waals surface area contributed by atoms with Crippen LogP contribution in [0.2, 0.25) is 0 Å². The van der Waals surface area contributed by atoms with Crippen LogP contribution in [0.3, 0.4) is 0 Å². The summed E-state index contributed by atoms with van der Waals surface area (Å²) in [5.41, 5.74) is 2.31. The van der Waals surface area contributed by atoms with Gasteiger partial charge in [0.2, 0.25) is 0 Å². The molecule has 0 bridgehead atoms. The first-order valence-corrected chi connectivity index (χ1v) is 28.4. The lowest BCUT2D eigenvalue weighted by Gasteiger charge is -2.09. The van der Waals surface area contributed by atoms with Crippen molar-refractivity contribution in [3.05, 3.63) is 141 Å². The summed E-state index contributed by atoms with van der Waals surface area (Å²) in [6.07, 6.45) is 26.1. The van der Waals surface area contributed by atoms with E-state index in [1.54, 1.807) is 42.5 Å². The Morgan fingerprint density at radius 3 is 1.18 bits per heavy atom. The van der Waals surface area contributed by atoms with Crippen LogP contribution in [0, 0.1) is 92.5 Å². The minimum absolute atomic E-state index is 0.0965. The fourth-order valence-corrected chi connectivity index (χ4v) is 10.4. The number of hydrogen-bond donors (Lipinski definition) is 0. The van der Waals surface area contributed by atoms with Gasteiger partial charge in [0.1, 0.15) is 11.6 Å². The quantitative estimate of drug-likeness (QED) is 0.0862. The van der Waals surface area contributed by atoms with Crippen LogP contribution in [0.15, 0.2) is 102 Å². The first-order chi connectivity index (χ1) is 35.3. The molecule has 0 unspecified atom stereocenters. The highest BCUT2D eigenvalue weighted by molar-refractivity contribution is 7.90. The van der Waals surface area contributed by atoms with Gasteiger partial charge < -0.3 is 0 Å². The minimum atomic E-state index is -4.32. The van der Waals surface area contributed by atoms with E-state index in [1.807, 2.05) is 30.3 Å². The van der Waals surface area contributed by atoms with Gasteiger partial charge in [0.25, 0.3) is 5.69 Å². The van der Waals surface area contributed by atoms with Crippen LogP contribution in [0.25, 0.3) is 0 Å². The van der Waals surface area contributed by atoms with Gasteiger partial charge in [0, 0.05) is 52.7 Å². The molecule has 73 heavy (non-hydrogen) atoms. The molecule has 4 saturated carbocycles. The zero-order valence-electron chi connectivity index (χ0n) is 42.6. The zero-order chi connectivity index (χ0) is 52.2. The van der Waals surface area contributed by atoms with Crippen molar-refractivity contribution in [2.45, 2.75) is 165 Å². The highest BCUT2D eigenvalue weighted by Gasteiger charge is 2.32. The number of halogens is 3. The van der Waals surface area contributed by atoms with E-state index in [-0.39, 0.29) is 22.1 Å². The largest absolute Gasteiger partial charge is 0.417 e. The third kappa shape index (κ3) is 21.4. The van der Waals surface area contributed by atoms with E-state index in [4.69, 9.17) is 5.26 Å². The molecular weight excluding hydrogens is 938 g/mol. The second-order valence-corrected chi connectivity index (χ2v) is 21.6. The molecule has 4 aliphatic carbocycles. The lowest BCUT2D eigenvalue weighted by molar-refractivity contribution is -0.385. The average molecular weight is 1010 g/mol. The van der Waals surface area contributed by atoms with Crippen molar-refractivity contribution in [1.82, 2.24) is 0 Å². The maximum Gasteiger partial charge on any atom is 0.417 e. The van der Waals surface area contributed by atoms with E-state index in [9.17, 15) is 31.7 Å². The van der Waals surface area contributed by atoms with Crippen molar-refractivity contribution in [3.63, 3.8) is 0 Å². The van der Waals surface area contributed by atoms with Crippen LogP contribution in [0.4, 0.5) is 18.9 Å². The number of nitrogens with zero attached hydrogens (tertiary/aromatic N) is 2. The number of sulfone groups is 1. The number of para-hydroxylation sites is 1. The molecule has 0 saturated heterocycles. The van der Waals surface area contributed by atoms with Gasteiger partial charge >= 0.3 is 6.18 Å². The molecule has 10 heteroatoms. The summed E-state index contributed by atoms with van der Waals surface area (Å²) >= 11 is 0. The normalized spacial score (nSPS) is 16.9. The monoisotopic (exact) mass is 1010 g/mol. The van der Waals surface area contributed by atoms with Gasteiger partial charge in [-0.25, -0.2) is 8.42 Å². The molecule has 0 spiro atoms. The smallest absolute Gasteiger partial charge is 0.258 e. The Morgan fingerprint density at radius 1 is 0.466 bits per heavy atom. The molecule has 4 aromatic rings. The van der Waals surface area contributed by atoms with Crippen molar-refractivity contribution in [2.24, 2.45) is 23.7 Å². The molecule has 384 valence electrons. The predicted molar refractivity (Wildman–Crippen MR) is 288 cm³/mol. The third-order valence-corrected chi connectivity index (χ3v) is 14.9. The SMILES string of the molecule is CS(=O)(=O)c1ccccc1C#CC1CCCCCC1.FC(F)(F)c1ccccc1C#CC1CCCCCC1.N#Cc1ccccc1C#CC1CCCCCC1.O=[N+]([O-])c1ccccc1C#CC1CCCCCC1. The molecule has 4 aliphatic rings. The summed E-state index contributed by atoms with van der Waals surface area (Å²) in [6.45, 7) is 0. The summed E-state index contributed by atoms with van der Waals surface area (Å²) in [4.78, 5) is 10.8. The maximum absolute atomic E-state index is 12.8. The molecule has 0 N–H and O–H groups in total. The van der Waals surface area contributed by atoms with Crippen LogP contribution < -0.4 is 0 Å². The number of nitriles is 1. The number of hydrogen-bond acceptors (Lipinski definition) is 5. The van der Waals surface area contributed by atoms with Crippen molar-refractivity contribution < 1.29 is 26.5 Å². The third-order valence-electron chi connectivity index (χ3n) is 13.7. The molecule has 0 aromatic heterocycles. The first kappa shape index (κ1) is 57.6. The van der Waals surface area contributed by atoms with Crippen molar-refractivity contribution >= 4 is 15.5 Å². The van der Waals surface area contributed by atoms with Crippen LogP contribution >= 0.6 is 0 Å². The van der Waals surface area contributed by atoms with Gasteiger partial charge in [-0.1, -0.05) is 199 Å². The van der Waals surface area contributed by atoms with Crippen LogP contribution in [-0.2, 0) is 16.0 Å². The molecule has 0 radical (unpaired) electrons. The first-order valence-electron chi connectivity index (χ1n) is 26.6. The molecule has 0 atom stereocenters. The number of rotatable bonds is 2. The van der Waals surface area contributed by atoms with Crippen LogP contribution in [0.5, 0.6) is 0 Å². The fraction of sp³-hybridized carbons (Fsp3) is 0.476. The Bertz CT molecular complexity index is 2770. The molecule has 0 aliphatic heterocycles. The molecular formula is C63H71F3N2O4S. The Hall–Kier alpha value is -6.25. The Balaban J connectivity index is 0.000000181. The van der Waals surface area contributed by atoms with E-state index in [1.165, 1.54) is 127 Å². The molecule has 6 nitrogen and oxygen atoms in total. The highest BCUT2D eigenvalue weighted by atomic mass is 32.2. The lowest BCUT2D eigenvalue weighted by atomic mass is 10.00. The van der Waals surface area contributed by atoms with E-state index < -0.39 is 21.6 Å². The second-order valence-electron chi connectivity index (χ2n) is 19.6. The zero-order valence-corrected chi connectivity index (χ0v) is 43.4. The van der Waals surface area contributed by atoms with Gasteiger partial charge in [-0.2, -0.15) is 18.4 Å². The number of alkyl halides is 3. The number of benzene rings is 4. The van der Waals surface area contributed by atoms with Gasteiger partial charge in [-0.3, -0.25) is 10.1 Å². The van der Waals surface area contributed by atoms with Gasteiger partial charge in [0.15, 0.2) is 9.84 Å². The Morgan fingerprint density at radius 2 is 0.781 bits per heavy atom. The van der Waals surface area contributed by atoms with E-state index in [0.29, 0.717) is 39.3 Å². The number of nitro groups is 1. The van der Waals surface area contributed by atoms with Gasteiger partial charge in [-0.05, 0) is 93.8 Å². The number of nitro benzene ring substituents is 1. The summed E-state index contributed by atoms with van der Waals surface area (Å²) < 4.78 is 61.8. The molecule has 8 rings (SSSR count). The fourth-order valence-electron chi connectivity index (χ4n) is 9.57. The minimum Gasteiger partial charge on any atom is -0.258 e. The van der Waals surface area contributed by atoms with Crippen molar-refractivity contribution in [3.8, 4) is 53.4 Å². The molecule has 0 heterocycles. The van der Waals surface area contributed by atoms with E-state index >= 15 is 0 Å². The van der Waals surface area contributed by atoms with Crippen LogP contribution in [0.1, 0.15) is 187 Å². The lowest BCUT2D eigenvalue weighted by Crippen LogP contribution is -2.07. The molecule has 4 fully saturated rings. The molecule has 4 aromatic carbocycles. The van der Waals surface area contributed by atoms with E-state index in [2.05, 4.69) is 53.4 Å². The Kier molecular flexibility index (Phi) is 24.8. The predicted octanol–water partition coefficient (Wildman–Crippen LogP) is 16.2. The topological polar surface area (TPSA) is 101 Å². The highest BCUT2D eigenvalue weighted by Crippen LogP contribution is 2.32. The summed E-state index contributed by atoms with van der Waals surface area (Å²) in [6, 6.07) is 29.0.